The third-order valence-corrected chi connectivity index (χ3v) is 4.78. The van der Waals surface area contributed by atoms with E-state index in [1.54, 1.807) is 0 Å². The van der Waals surface area contributed by atoms with Crippen LogP contribution in [0.15, 0.2) is 18.2 Å². The van der Waals surface area contributed by atoms with E-state index >= 15 is 0 Å². The first kappa shape index (κ1) is 15.9. The van der Waals surface area contributed by atoms with Crippen LogP contribution < -0.4 is 11.1 Å². The number of hydrogen-bond acceptors (Lipinski definition) is 2. The van der Waals surface area contributed by atoms with Gasteiger partial charge in [0.05, 0.1) is 6.42 Å². The predicted octanol–water partition coefficient (Wildman–Crippen LogP) is 2.39. The molecule has 0 aromatic heterocycles. The average molecular weight is 296 g/mol. The fourth-order valence-corrected chi connectivity index (χ4v) is 3.62. The molecule has 5 heteroatoms. The molecule has 0 spiro atoms. The van der Waals surface area contributed by atoms with E-state index in [1.165, 1.54) is 12.1 Å². The summed E-state index contributed by atoms with van der Waals surface area (Å²) in [7, 11) is 0. The minimum atomic E-state index is -0.962. The summed E-state index contributed by atoms with van der Waals surface area (Å²) in [5.41, 5.74) is 5.75. The van der Waals surface area contributed by atoms with E-state index in [0.717, 1.165) is 6.07 Å². The normalized spacial score (nSPS) is 26.0. The lowest BCUT2D eigenvalue weighted by molar-refractivity contribution is -0.131. The first-order valence-electron chi connectivity index (χ1n) is 7.06. The summed E-state index contributed by atoms with van der Waals surface area (Å²) in [4.78, 5) is 12.1. The number of rotatable bonds is 3. The zero-order chi connectivity index (χ0) is 16.0. The van der Waals surface area contributed by atoms with Crippen LogP contribution in [0.3, 0.4) is 0 Å². The molecule has 1 aliphatic carbocycles. The largest absolute Gasteiger partial charge is 0.352 e. The number of carbonyl (C=O) groups is 1. The quantitative estimate of drug-likeness (QED) is 0.900. The van der Waals surface area contributed by atoms with E-state index in [4.69, 9.17) is 5.73 Å². The van der Waals surface area contributed by atoms with E-state index < -0.39 is 11.6 Å². The van der Waals surface area contributed by atoms with Gasteiger partial charge in [0.1, 0.15) is 0 Å². The van der Waals surface area contributed by atoms with Gasteiger partial charge in [-0.2, -0.15) is 0 Å². The van der Waals surface area contributed by atoms with Crippen molar-refractivity contribution in [3.8, 4) is 0 Å². The van der Waals surface area contributed by atoms with Gasteiger partial charge in [-0.1, -0.05) is 39.8 Å². The minimum absolute atomic E-state index is 0.0267. The van der Waals surface area contributed by atoms with E-state index in [0.29, 0.717) is 0 Å². The second kappa shape index (κ2) is 5.05. The number of nitrogens with two attached hydrogens (primary N) is 1. The van der Waals surface area contributed by atoms with Gasteiger partial charge in [-0.15, -0.1) is 0 Å². The van der Waals surface area contributed by atoms with Crippen molar-refractivity contribution in [1.82, 2.24) is 5.32 Å². The average Bonchev–Trinajstić information content (AvgIpc) is 2.40. The second-order valence-electron chi connectivity index (χ2n) is 7.01. The lowest BCUT2D eigenvalue weighted by Crippen LogP contribution is -2.76. The number of amides is 1. The van der Waals surface area contributed by atoms with Crippen LogP contribution in [0.25, 0.3) is 0 Å². The Morgan fingerprint density at radius 2 is 1.81 bits per heavy atom. The summed E-state index contributed by atoms with van der Waals surface area (Å²) in [6, 6.07) is 3.73. The van der Waals surface area contributed by atoms with Crippen molar-refractivity contribution >= 4 is 5.91 Å². The highest BCUT2D eigenvalue weighted by atomic mass is 19.2. The molecule has 1 fully saturated rings. The molecule has 3 N–H and O–H groups in total. The number of nitrogens with one attached hydrogen (secondary N) is 1. The van der Waals surface area contributed by atoms with Crippen LogP contribution in [0.2, 0.25) is 0 Å². The van der Waals surface area contributed by atoms with Crippen molar-refractivity contribution < 1.29 is 13.6 Å². The molecular weight excluding hydrogens is 274 g/mol. The number of carbonyl (C=O) groups excluding carboxylic acids is 1. The van der Waals surface area contributed by atoms with Crippen molar-refractivity contribution in [2.75, 3.05) is 0 Å². The van der Waals surface area contributed by atoms with Crippen molar-refractivity contribution in [3.05, 3.63) is 35.4 Å². The number of hydrogen-bond donors (Lipinski definition) is 2. The highest BCUT2D eigenvalue weighted by Gasteiger charge is 2.60. The Hall–Kier alpha value is -1.49. The lowest BCUT2D eigenvalue weighted by atomic mass is 9.48. The maximum atomic E-state index is 13.6. The topological polar surface area (TPSA) is 55.1 Å². The van der Waals surface area contributed by atoms with Crippen LogP contribution in [-0.4, -0.2) is 18.0 Å². The van der Waals surface area contributed by atoms with Crippen molar-refractivity contribution in [1.29, 1.82) is 0 Å². The molecule has 3 nitrogen and oxygen atoms in total. The van der Waals surface area contributed by atoms with Gasteiger partial charge < -0.3 is 11.1 Å². The maximum Gasteiger partial charge on any atom is 0.224 e. The molecule has 0 heterocycles. The molecular formula is C16H22F2N2O. The molecule has 116 valence electrons. The lowest BCUT2D eigenvalue weighted by Gasteiger charge is -2.62. The Morgan fingerprint density at radius 1 is 1.24 bits per heavy atom. The van der Waals surface area contributed by atoms with Crippen LogP contribution in [0, 0.1) is 22.5 Å². The van der Waals surface area contributed by atoms with Crippen LogP contribution >= 0.6 is 0 Å². The molecule has 0 unspecified atom stereocenters. The zero-order valence-corrected chi connectivity index (χ0v) is 12.8. The molecule has 1 amide bonds. The van der Waals surface area contributed by atoms with E-state index in [1.807, 2.05) is 27.7 Å². The molecule has 0 atom stereocenters. The highest BCUT2D eigenvalue weighted by molar-refractivity contribution is 5.79. The van der Waals surface area contributed by atoms with Gasteiger partial charge in [0.2, 0.25) is 5.91 Å². The van der Waals surface area contributed by atoms with Gasteiger partial charge >= 0.3 is 0 Å². The van der Waals surface area contributed by atoms with Crippen LogP contribution in [-0.2, 0) is 11.2 Å². The molecule has 0 aliphatic heterocycles. The van der Waals surface area contributed by atoms with Gasteiger partial charge in [0.25, 0.3) is 0 Å². The molecule has 2 rings (SSSR count). The van der Waals surface area contributed by atoms with Gasteiger partial charge in [-0.05, 0) is 6.07 Å². The summed E-state index contributed by atoms with van der Waals surface area (Å²) in [5, 5.41) is 2.91. The minimum Gasteiger partial charge on any atom is -0.352 e. The zero-order valence-electron chi connectivity index (χ0n) is 12.8. The van der Waals surface area contributed by atoms with Gasteiger partial charge in [0.15, 0.2) is 11.6 Å². The molecule has 1 saturated carbocycles. The van der Waals surface area contributed by atoms with Gasteiger partial charge in [-0.25, -0.2) is 8.78 Å². The van der Waals surface area contributed by atoms with Crippen molar-refractivity contribution in [2.24, 2.45) is 16.6 Å². The number of benzene rings is 1. The fourth-order valence-electron chi connectivity index (χ4n) is 3.62. The molecule has 0 radical (unpaired) electrons. The van der Waals surface area contributed by atoms with Crippen molar-refractivity contribution in [3.63, 3.8) is 0 Å². The Labute approximate surface area is 123 Å². The summed E-state index contributed by atoms with van der Waals surface area (Å²) in [5.74, 6) is -2.22. The molecule has 0 bridgehead atoms. The van der Waals surface area contributed by atoms with E-state index in [9.17, 15) is 13.6 Å². The van der Waals surface area contributed by atoms with E-state index in [-0.39, 0.29) is 40.8 Å². The third-order valence-electron chi connectivity index (χ3n) is 4.78. The first-order chi connectivity index (χ1) is 9.58. The summed E-state index contributed by atoms with van der Waals surface area (Å²) in [6.45, 7) is 7.99. The summed E-state index contributed by atoms with van der Waals surface area (Å²) in [6.07, 6.45) is -0.179. The summed E-state index contributed by atoms with van der Waals surface area (Å²) >= 11 is 0. The van der Waals surface area contributed by atoms with Crippen LogP contribution in [0.5, 0.6) is 0 Å². The van der Waals surface area contributed by atoms with E-state index in [2.05, 4.69) is 5.32 Å². The molecule has 1 aliphatic rings. The van der Waals surface area contributed by atoms with Crippen molar-refractivity contribution in [2.45, 2.75) is 46.2 Å². The van der Waals surface area contributed by atoms with Gasteiger partial charge in [0, 0.05) is 28.5 Å². The van der Waals surface area contributed by atoms with Crippen LogP contribution in [0.4, 0.5) is 8.78 Å². The summed E-state index contributed by atoms with van der Waals surface area (Å²) < 4.78 is 26.7. The smallest absolute Gasteiger partial charge is 0.224 e. The Kier molecular flexibility index (Phi) is 3.82. The Balaban J connectivity index is 2.08. The third kappa shape index (κ3) is 2.55. The Morgan fingerprint density at radius 3 is 2.38 bits per heavy atom. The monoisotopic (exact) mass is 296 g/mol. The molecule has 1 aromatic rings. The SMILES string of the molecule is CC1(C)C(N)C(C)(C)C1NC(=O)Cc1cccc(F)c1F. The Bertz CT molecular complexity index is 553. The number of halogens is 2. The molecule has 1 aromatic carbocycles. The highest BCUT2D eigenvalue weighted by Crippen LogP contribution is 2.52. The predicted molar refractivity (Wildman–Crippen MR) is 77.5 cm³/mol. The second-order valence-corrected chi connectivity index (χ2v) is 7.01. The van der Waals surface area contributed by atoms with Gasteiger partial charge in [-0.3, -0.25) is 4.79 Å². The molecule has 21 heavy (non-hydrogen) atoms. The fraction of sp³-hybridized carbons (Fsp3) is 0.562. The van der Waals surface area contributed by atoms with Crippen LogP contribution in [0.1, 0.15) is 33.3 Å². The maximum absolute atomic E-state index is 13.6. The standard InChI is InChI=1S/C16H22F2N2O/c1-15(2)13(19)16(3,4)14(15)20-11(21)8-9-6-5-7-10(17)12(9)18/h5-7,13-14H,8,19H2,1-4H3,(H,20,21). The molecule has 0 saturated heterocycles. The first-order valence-corrected chi connectivity index (χ1v) is 7.06.